The van der Waals surface area contributed by atoms with Gasteiger partial charge in [-0.3, -0.25) is 14.4 Å². The third kappa shape index (κ3) is 6.10. The fourth-order valence-corrected chi connectivity index (χ4v) is 4.51. The van der Waals surface area contributed by atoms with Crippen LogP contribution >= 0.6 is 0 Å². The zero-order valence-corrected chi connectivity index (χ0v) is 21.7. The minimum Gasteiger partial charge on any atom is -0.491 e. The van der Waals surface area contributed by atoms with Crippen molar-refractivity contribution in [3.63, 3.8) is 0 Å². The van der Waals surface area contributed by atoms with Gasteiger partial charge in [0.15, 0.2) is 0 Å². The number of fused-ring (bicyclic) bond motifs is 1. The Kier molecular flexibility index (Phi) is 8.12. The van der Waals surface area contributed by atoms with Gasteiger partial charge in [0.1, 0.15) is 18.2 Å². The molecule has 2 aliphatic rings. The molecule has 0 unspecified atom stereocenters. The van der Waals surface area contributed by atoms with Gasteiger partial charge in [0.2, 0.25) is 5.91 Å². The number of hydrogen-bond acceptors (Lipinski definition) is 5. The summed E-state index contributed by atoms with van der Waals surface area (Å²) in [6.07, 6.45) is 1.39. The highest BCUT2D eigenvalue weighted by molar-refractivity contribution is 5.99. The summed E-state index contributed by atoms with van der Waals surface area (Å²) in [5.74, 6) is -1.14. The number of ether oxygens (including phenoxy) is 2. The number of likely N-dealkylation sites (N-methyl/N-ethyl adjacent to an activating group) is 1. The minimum absolute atomic E-state index is 0.0135. The fourth-order valence-electron chi connectivity index (χ4n) is 4.51. The molecule has 1 fully saturated rings. The average molecular weight is 512 g/mol. The number of nitrogens with one attached hydrogen (secondary N) is 1. The van der Waals surface area contributed by atoms with E-state index in [1.54, 1.807) is 54.3 Å². The standard InChI is InChI=1S/C28H34FN3O5/c1-17-14-32(28(35)21-7-5-6-8-23(21)29)18(2)16-37-24-13-20(30-26(33)19-9-10-19)11-12-22(24)27(34)31(3)15-25(17)36-4/h5-8,11-13,17-19,25H,9-10,14-16H2,1-4H3,(H,30,33)/t17-,18+,25+/m0/s1. The molecule has 0 radical (unpaired) electrons. The van der Waals surface area contributed by atoms with E-state index in [4.69, 9.17) is 9.47 Å². The Bertz CT molecular complexity index is 1170. The van der Waals surface area contributed by atoms with Crippen molar-refractivity contribution in [1.29, 1.82) is 0 Å². The minimum atomic E-state index is -0.589. The molecular formula is C28H34FN3O5. The van der Waals surface area contributed by atoms with Crippen molar-refractivity contribution in [2.75, 3.05) is 39.2 Å². The molecule has 1 N–H and O–H groups in total. The van der Waals surface area contributed by atoms with Crippen LogP contribution in [-0.4, -0.2) is 73.5 Å². The Morgan fingerprint density at radius 3 is 2.51 bits per heavy atom. The molecule has 2 aromatic rings. The van der Waals surface area contributed by atoms with E-state index in [2.05, 4.69) is 5.32 Å². The number of benzene rings is 2. The normalized spacial score (nSPS) is 22.8. The van der Waals surface area contributed by atoms with Crippen molar-refractivity contribution < 1.29 is 28.2 Å². The number of rotatable bonds is 4. The second-order valence-corrected chi connectivity index (χ2v) is 10.0. The second-order valence-electron chi connectivity index (χ2n) is 10.0. The van der Waals surface area contributed by atoms with Gasteiger partial charge in [0.05, 0.1) is 23.3 Å². The maximum atomic E-state index is 14.5. The number of nitrogens with zero attached hydrogens (tertiary/aromatic N) is 2. The Morgan fingerprint density at radius 2 is 1.84 bits per heavy atom. The van der Waals surface area contributed by atoms with Gasteiger partial charge in [-0.25, -0.2) is 4.39 Å². The summed E-state index contributed by atoms with van der Waals surface area (Å²) < 4.78 is 26.3. The molecule has 0 bridgehead atoms. The molecule has 198 valence electrons. The molecule has 3 amide bonds. The average Bonchev–Trinajstić information content (AvgIpc) is 3.73. The van der Waals surface area contributed by atoms with E-state index in [0.29, 0.717) is 17.0 Å². The summed E-state index contributed by atoms with van der Waals surface area (Å²) in [5.41, 5.74) is 0.864. The lowest BCUT2D eigenvalue weighted by atomic mass is 10.0. The lowest BCUT2D eigenvalue weighted by molar-refractivity contribution is -0.117. The molecule has 37 heavy (non-hydrogen) atoms. The molecular weight excluding hydrogens is 477 g/mol. The van der Waals surface area contributed by atoms with Gasteiger partial charge in [-0.05, 0) is 44.0 Å². The molecule has 1 aliphatic carbocycles. The topological polar surface area (TPSA) is 88.2 Å². The highest BCUT2D eigenvalue weighted by atomic mass is 19.1. The van der Waals surface area contributed by atoms with Crippen LogP contribution in [0.5, 0.6) is 5.75 Å². The molecule has 8 nitrogen and oxygen atoms in total. The van der Waals surface area contributed by atoms with Crippen LogP contribution in [0.1, 0.15) is 47.4 Å². The Labute approximate surface area is 216 Å². The molecule has 0 spiro atoms. The lowest BCUT2D eigenvalue weighted by Gasteiger charge is -2.36. The summed E-state index contributed by atoms with van der Waals surface area (Å²) in [6, 6.07) is 10.4. The Morgan fingerprint density at radius 1 is 1.11 bits per heavy atom. The maximum Gasteiger partial charge on any atom is 0.257 e. The number of hydrogen-bond donors (Lipinski definition) is 1. The summed E-state index contributed by atoms with van der Waals surface area (Å²) in [5, 5.41) is 2.88. The number of carbonyl (C=O) groups excluding carboxylic acids is 3. The van der Waals surface area contributed by atoms with Gasteiger partial charge >= 0.3 is 0 Å². The second kappa shape index (κ2) is 11.3. The van der Waals surface area contributed by atoms with E-state index in [1.807, 2.05) is 13.8 Å². The molecule has 1 aliphatic heterocycles. The molecule has 0 aromatic heterocycles. The van der Waals surface area contributed by atoms with E-state index in [1.165, 1.54) is 12.1 Å². The van der Waals surface area contributed by atoms with Crippen LogP contribution in [0, 0.1) is 17.7 Å². The quantitative estimate of drug-likeness (QED) is 0.674. The van der Waals surface area contributed by atoms with Gasteiger partial charge < -0.3 is 24.6 Å². The van der Waals surface area contributed by atoms with E-state index in [0.717, 1.165) is 12.8 Å². The summed E-state index contributed by atoms with van der Waals surface area (Å²) in [7, 11) is 3.26. The Balaban J connectivity index is 1.67. The molecule has 1 heterocycles. The van der Waals surface area contributed by atoms with Crippen molar-refractivity contribution in [3.05, 3.63) is 59.4 Å². The molecule has 0 saturated heterocycles. The van der Waals surface area contributed by atoms with Crippen LogP contribution in [0.2, 0.25) is 0 Å². The van der Waals surface area contributed by atoms with Crippen molar-refractivity contribution in [3.8, 4) is 5.75 Å². The van der Waals surface area contributed by atoms with Crippen LogP contribution < -0.4 is 10.1 Å². The van der Waals surface area contributed by atoms with Crippen molar-refractivity contribution in [1.82, 2.24) is 9.80 Å². The van der Waals surface area contributed by atoms with E-state index >= 15 is 0 Å². The zero-order valence-electron chi connectivity index (χ0n) is 21.7. The highest BCUT2D eigenvalue weighted by Crippen LogP contribution is 2.32. The van der Waals surface area contributed by atoms with Gasteiger partial charge in [-0.15, -0.1) is 0 Å². The number of halogens is 1. The number of methoxy groups -OCH3 is 1. The van der Waals surface area contributed by atoms with Gasteiger partial charge in [0.25, 0.3) is 11.8 Å². The van der Waals surface area contributed by atoms with E-state index in [9.17, 15) is 18.8 Å². The monoisotopic (exact) mass is 511 g/mol. The van der Waals surface area contributed by atoms with Crippen molar-refractivity contribution in [2.45, 2.75) is 38.8 Å². The van der Waals surface area contributed by atoms with Crippen LogP contribution in [0.3, 0.4) is 0 Å². The summed E-state index contributed by atoms with van der Waals surface area (Å²) >= 11 is 0. The highest BCUT2D eigenvalue weighted by Gasteiger charge is 2.32. The molecule has 3 atom stereocenters. The SMILES string of the molecule is CO[C@@H]1CN(C)C(=O)c2ccc(NC(=O)C3CC3)cc2OC[C@@H](C)N(C(=O)c2ccccc2F)C[C@@H]1C. The van der Waals surface area contributed by atoms with Gasteiger partial charge in [0, 0.05) is 50.8 Å². The fraction of sp³-hybridized carbons (Fsp3) is 0.464. The van der Waals surface area contributed by atoms with Crippen LogP contribution in [0.25, 0.3) is 0 Å². The molecule has 9 heteroatoms. The predicted molar refractivity (Wildman–Crippen MR) is 137 cm³/mol. The smallest absolute Gasteiger partial charge is 0.257 e. The van der Waals surface area contributed by atoms with Crippen molar-refractivity contribution in [2.24, 2.45) is 11.8 Å². The van der Waals surface area contributed by atoms with Crippen molar-refractivity contribution >= 4 is 23.4 Å². The first-order chi connectivity index (χ1) is 17.7. The molecule has 4 rings (SSSR count). The van der Waals surface area contributed by atoms with E-state index < -0.39 is 17.8 Å². The zero-order chi connectivity index (χ0) is 26.7. The van der Waals surface area contributed by atoms with Crippen LogP contribution in [0.15, 0.2) is 42.5 Å². The van der Waals surface area contributed by atoms with Crippen LogP contribution in [0.4, 0.5) is 10.1 Å². The summed E-state index contributed by atoms with van der Waals surface area (Å²) in [6.45, 7) is 4.39. The number of amides is 3. The Hall–Kier alpha value is -3.46. The maximum absolute atomic E-state index is 14.5. The third-order valence-corrected chi connectivity index (χ3v) is 7.03. The van der Waals surface area contributed by atoms with Gasteiger partial charge in [-0.1, -0.05) is 19.1 Å². The third-order valence-electron chi connectivity index (χ3n) is 7.03. The van der Waals surface area contributed by atoms with Gasteiger partial charge in [-0.2, -0.15) is 0 Å². The summed E-state index contributed by atoms with van der Waals surface area (Å²) in [4.78, 5) is 42.3. The first kappa shape index (κ1) is 26.6. The largest absolute Gasteiger partial charge is 0.491 e. The lowest BCUT2D eigenvalue weighted by Crippen LogP contribution is -2.48. The first-order valence-corrected chi connectivity index (χ1v) is 12.6. The van der Waals surface area contributed by atoms with E-state index in [-0.39, 0.29) is 55.0 Å². The number of anilines is 1. The first-order valence-electron chi connectivity index (χ1n) is 12.6. The molecule has 1 saturated carbocycles. The van der Waals surface area contributed by atoms with Crippen LogP contribution in [-0.2, 0) is 9.53 Å². The number of carbonyl (C=O) groups is 3. The predicted octanol–water partition coefficient (Wildman–Crippen LogP) is 3.82. The molecule has 2 aromatic carbocycles.